The fourth-order valence-corrected chi connectivity index (χ4v) is 2.51. The zero-order valence-corrected chi connectivity index (χ0v) is 13.9. The summed E-state index contributed by atoms with van der Waals surface area (Å²) in [5, 5.41) is 7.27. The standard InChI is InChI=1S/C17H18Cl2N2O/c1-11(13-6-5-7-14(18)10-13)20-12(2)17(22)21-16-9-4-3-8-15(16)19/h3-12,20H,1-2H3,(H,21,22). The lowest BCUT2D eigenvalue weighted by Gasteiger charge is -2.20. The normalized spacial score (nSPS) is 13.5. The first-order valence-corrected chi connectivity index (χ1v) is 7.80. The zero-order chi connectivity index (χ0) is 16.1. The van der Waals surface area contributed by atoms with Crippen LogP contribution in [-0.2, 0) is 4.79 Å². The van der Waals surface area contributed by atoms with Crippen LogP contribution in [0.2, 0.25) is 10.0 Å². The van der Waals surface area contributed by atoms with Gasteiger partial charge in [-0.15, -0.1) is 0 Å². The van der Waals surface area contributed by atoms with E-state index in [1.807, 2.05) is 50.2 Å². The number of rotatable bonds is 5. The Kier molecular flexibility index (Phi) is 5.83. The number of para-hydroxylation sites is 1. The molecule has 2 rings (SSSR count). The Hall–Kier alpha value is -1.55. The molecule has 5 heteroatoms. The molecule has 0 fully saturated rings. The monoisotopic (exact) mass is 336 g/mol. The molecule has 116 valence electrons. The minimum absolute atomic E-state index is 0.00527. The molecule has 2 atom stereocenters. The number of benzene rings is 2. The molecule has 22 heavy (non-hydrogen) atoms. The van der Waals surface area contributed by atoms with Gasteiger partial charge in [-0.05, 0) is 43.7 Å². The molecule has 0 aromatic heterocycles. The van der Waals surface area contributed by atoms with Gasteiger partial charge in [0.2, 0.25) is 5.91 Å². The van der Waals surface area contributed by atoms with Gasteiger partial charge in [0, 0.05) is 11.1 Å². The number of hydrogen-bond acceptors (Lipinski definition) is 2. The van der Waals surface area contributed by atoms with E-state index in [2.05, 4.69) is 10.6 Å². The summed E-state index contributed by atoms with van der Waals surface area (Å²) in [4.78, 5) is 12.2. The molecule has 0 saturated carbocycles. The van der Waals surface area contributed by atoms with E-state index in [0.717, 1.165) is 5.56 Å². The van der Waals surface area contributed by atoms with Crippen LogP contribution in [0.15, 0.2) is 48.5 Å². The van der Waals surface area contributed by atoms with Gasteiger partial charge in [0.05, 0.1) is 16.8 Å². The molecule has 0 bridgehead atoms. The van der Waals surface area contributed by atoms with Gasteiger partial charge in [0.15, 0.2) is 0 Å². The van der Waals surface area contributed by atoms with Gasteiger partial charge in [-0.2, -0.15) is 0 Å². The highest BCUT2D eigenvalue weighted by Gasteiger charge is 2.17. The van der Waals surface area contributed by atoms with Crippen LogP contribution in [0.25, 0.3) is 0 Å². The van der Waals surface area contributed by atoms with Crippen molar-refractivity contribution in [1.82, 2.24) is 5.32 Å². The van der Waals surface area contributed by atoms with Crippen molar-refractivity contribution in [3.63, 3.8) is 0 Å². The summed E-state index contributed by atoms with van der Waals surface area (Å²) in [6, 6.07) is 14.4. The van der Waals surface area contributed by atoms with E-state index in [4.69, 9.17) is 23.2 Å². The minimum Gasteiger partial charge on any atom is -0.323 e. The van der Waals surface area contributed by atoms with Gasteiger partial charge in [-0.3, -0.25) is 10.1 Å². The second-order valence-electron chi connectivity index (χ2n) is 5.13. The molecule has 2 aromatic rings. The molecule has 0 saturated heterocycles. The van der Waals surface area contributed by atoms with Gasteiger partial charge >= 0.3 is 0 Å². The maximum Gasteiger partial charge on any atom is 0.241 e. The Morgan fingerprint density at radius 2 is 1.77 bits per heavy atom. The van der Waals surface area contributed by atoms with Crippen molar-refractivity contribution in [2.75, 3.05) is 5.32 Å². The number of anilines is 1. The van der Waals surface area contributed by atoms with E-state index >= 15 is 0 Å². The van der Waals surface area contributed by atoms with Crippen LogP contribution in [0, 0.1) is 0 Å². The summed E-state index contributed by atoms with van der Waals surface area (Å²) in [5.74, 6) is -0.137. The Morgan fingerprint density at radius 3 is 2.45 bits per heavy atom. The van der Waals surface area contributed by atoms with E-state index in [0.29, 0.717) is 15.7 Å². The van der Waals surface area contributed by atoms with Gasteiger partial charge in [-0.1, -0.05) is 47.5 Å². The molecule has 0 aliphatic heterocycles. The molecule has 2 aromatic carbocycles. The fourth-order valence-electron chi connectivity index (χ4n) is 2.13. The van der Waals surface area contributed by atoms with Crippen molar-refractivity contribution in [3.8, 4) is 0 Å². The molecular formula is C17H18Cl2N2O. The molecule has 3 nitrogen and oxygen atoms in total. The Balaban J connectivity index is 1.98. The van der Waals surface area contributed by atoms with Crippen molar-refractivity contribution in [1.29, 1.82) is 0 Å². The molecule has 2 unspecified atom stereocenters. The van der Waals surface area contributed by atoms with Crippen molar-refractivity contribution in [2.45, 2.75) is 25.9 Å². The minimum atomic E-state index is -0.370. The largest absolute Gasteiger partial charge is 0.323 e. The first kappa shape index (κ1) is 16.8. The first-order valence-electron chi connectivity index (χ1n) is 7.04. The molecule has 2 N–H and O–H groups in total. The van der Waals surface area contributed by atoms with Crippen LogP contribution in [-0.4, -0.2) is 11.9 Å². The van der Waals surface area contributed by atoms with Crippen LogP contribution in [0.3, 0.4) is 0 Å². The molecule has 0 aliphatic rings. The van der Waals surface area contributed by atoms with Crippen LogP contribution >= 0.6 is 23.2 Å². The number of carbonyl (C=O) groups excluding carboxylic acids is 1. The van der Waals surface area contributed by atoms with Crippen LogP contribution in [0.1, 0.15) is 25.5 Å². The van der Waals surface area contributed by atoms with E-state index in [1.165, 1.54) is 0 Å². The molecular weight excluding hydrogens is 319 g/mol. The number of nitrogens with one attached hydrogen (secondary N) is 2. The second-order valence-corrected chi connectivity index (χ2v) is 5.98. The van der Waals surface area contributed by atoms with Crippen molar-refractivity contribution in [2.24, 2.45) is 0 Å². The lowest BCUT2D eigenvalue weighted by molar-refractivity contribution is -0.117. The first-order chi connectivity index (χ1) is 10.5. The summed E-state index contributed by atoms with van der Waals surface area (Å²) in [5.41, 5.74) is 1.64. The van der Waals surface area contributed by atoms with Crippen molar-refractivity contribution >= 4 is 34.8 Å². The van der Waals surface area contributed by atoms with Crippen LogP contribution in [0.5, 0.6) is 0 Å². The summed E-state index contributed by atoms with van der Waals surface area (Å²) in [6.45, 7) is 3.80. The third-order valence-electron chi connectivity index (χ3n) is 3.37. The SMILES string of the molecule is CC(NC(C)c1cccc(Cl)c1)C(=O)Nc1ccccc1Cl. The summed E-state index contributed by atoms with van der Waals surface area (Å²) in [7, 11) is 0. The second kappa shape index (κ2) is 7.63. The lowest BCUT2D eigenvalue weighted by atomic mass is 10.1. The number of hydrogen-bond donors (Lipinski definition) is 2. The predicted octanol–water partition coefficient (Wildman–Crippen LogP) is 4.67. The Morgan fingerprint density at radius 1 is 1.05 bits per heavy atom. The van der Waals surface area contributed by atoms with Crippen LogP contribution in [0.4, 0.5) is 5.69 Å². The summed E-state index contributed by atoms with van der Waals surface area (Å²) >= 11 is 12.0. The van der Waals surface area contributed by atoms with E-state index in [9.17, 15) is 4.79 Å². The molecule has 0 spiro atoms. The van der Waals surface area contributed by atoms with Crippen molar-refractivity contribution in [3.05, 3.63) is 64.1 Å². The predicted molar refractivity (Wildman–Crippen MR) is 92.5 cm³/mol. The highest BCUT2D eigenvalue weighted by Crippen LogP contribution is 2.21. The number of halogens is 2. The average Bonchev–Trinajstić information content (AvgIpc) is 2.49. The molecule has 0 radical (unpaired) electrons. The van der Waals surface area contributed by atoms with E-state index < -0.39 is 0 Å². The van der Waals surface area contributed by atoms with E-state index in [1.54, 1.807) is 12.1 Å². The Labute approximate surface area is 140 Å². The highest BCUT2D eigenvalue weighted by atomic mass is 35.5. The fraction of sp³-hybridized carbons (Fsp3) is 0.235. The highest BCUT2D eigenvalue weighted by molar-refractivity contribution is 6.33. The summed E-state index contributed by atoms with van der Waals surface area (Å²) < 4.78 is 0. The maximum absolute atomic E-state index is 12.2. The smallest absolute Gasteiger partial charge is 0.241 e. The third kappa shape index (κ3) is 4.47. The van der Waals surface area contributed by atoms with Crippen LogP contribution < -0.4 is 10.6 Å². The molecule has 1 amide bonds. The topological polar surface area (TPSA) is 41.1 Å². The molecule has 0 aliphatic carbocycles. The third-order valence-corrected chi connectivity index (χ3v) is 3.94. The summed E-state index contributed by atoms with van der Waals surface area (Å²) in [6.07, 6.45) is 0. The van der Waals surface area contributed by atoms with E-state index in [-0.39, 0.29) is 18.0 Å². The van der Waals surface area contributed by atoms with Gasteiger partial charge in [0.1, 0.15) is 0 Å². The lowest BCUT2D eigenvalue weighted by Crippen LogP contribution is -2.39. The molecule has 0 heterocycles. The number of carbonyl (C=O) groups is 1. The van der Waals surface area contributed by atoms with Gasteiger partial charge in [-0.25, -0.2) is 0 Å². The maximum atomic E-state index is 12.2. The van der Waals surface area contributed by atoms with Gasteiger partial charge in [0.25, 0.3) is 0 Å². The van der Waals surface area contributed by atoms with Gasteiger partial charge < -0.3 is 5.32 Å². The Bertz CT molecular complexity index is 661. The zero-order valence-electron chi connectivity index (χ0n) is 12.4. The van der Waals surface area contributed by atoms with Crippen molar-refractivity contribution < 1.29 is 4.79 Å². The number of amides is 1. The quantitative estimate of drug-likeness (QED) is 0.832. The average molecular weight is 337 g/mol.